The topological polar surface area (TPSA) is 48.9 Å². The standard InChI is InChI=1S/C21H23ClN2O/c22-19-11-15(7-8-17(19)13-25)18(10-14-4-1-2-5-14)20-12-16-6-3-9-23-21(16)24-20/h3,6-9,11-12,14,18,25H,1-2,4-5,10,13H2,(H,23,24). The summed E-state index contributed by atoms with van der Waals surface area (Å²) in [5, 5.41) is 11.2. The van der Waals surface area contributed by atoms with E-state index in [1.807, 2.05) is 24.4 Å². The van der Waals surface area contributed by atoms with E-state index in [-0.39, 0.29) is 12.5 Å². The van der Waals surface area contributed by atoms with Crippen LogP contribution in [0, 0.1) is 5.92 Å². The lowest BCUT2D eigenvalue weighted by molar-refractivity contribution is 0.282. The molecule has 2 N–H and O–H groups in total. The summed E-state index contributed by atoms with van der Waals surface area (Å²) in [6, 6.07) is 12.4. The summed E-state index contributed by atoms with van der Waals surface area (Å²) in [7, 11) is 0. The van der Waals surface area contributed by atoms with Gasteiger partial charge in [-0.15, -0.1) is 0 Å². The van der Waals surface area contributed by atoms with Crippen molar-refractivity contribution >= 4 is 22.6 Å². The Morgan fingerprint density at radius 2 is 2.04 bits per heavy atom. The van der Waals surface area contributed by atoms with Gasteiger partial charge in [0, 0.05) is 28.2 Å². The Balaban J connectivity index is 1.73. The third kappa shape index (κ3) is 3.44. The highest BCUT2D eigenvalue weighted by molar-refractivity contribution is 6.31. The number of aromatic nitrogens is 2. The summed E-state index contributed by atoms with van der Waals surface area (Å²) in [5.41, 5.74) is 4.13. The van der Waals surface area contributed by atoms with Crippen LogP contribution in [0.4, 0.5) is 0 Å². The molecule has 1 aromatic carbocycles. The van der Waals surface area contributed by atoms with E-state index in [4.69, 9.17) is 11.6 Å². The maximum atomic E-state index is 9.39. The van der Waals surface area contributed by atoms with Crippen molar-refractivity contribution in [3.63, 3.8) is 0 Å². The molecule has 130 valence electrons. The number of hydrogen-bond acceptors (Lipinski definition) is 2. The Labute approximate surface area is 153 Å². The van der Waals surface area contributed by atoms with Crippen molar-refractivity contribution in [1.29, 1.82) is 0 Å². The third-order valence-electron chi connectivity index (χ3n) is 5.48. The van der Waals surface area contributed by atoms with Gasteiger partial charge in [0.05, 0.1) is 6.61 Å². The molecule has 1 unspecified atom stereocenters. The molecule has 0 bridgehead atoms. The molecule has 1 aliphatic rings. The smallest absolute Gasteiger partial charge is 0.137 e. The van der Waals surface area contributed by atoms with Crippen molar-refractivity contribution in [3.8, 4) is 0 Å². The molecule has 4 heteroatoms. The van der Waals surface area contributed by atoms with E-state index in [9.17, 15) is 5.11 Å². The second-order valence-electron chi connectivity index (χ2n) is 7.11. The number of fused-ring (bicyclic) bond motifs is 1. The van der Waals surface area contributed by atoms with E-state index in [0.717, 1.165) is 28.9 Å². The fourth-order valence-corrected chi connectivity index (χ4v) is 4.35. The predicted octanol–water partition coefficient (Wildman–Crippen LogP) is 5.42. The molecule has 3 nitrogen and oxygen atoms in total. The van der Waals surface area contributed by atoms with Gasteiger partial charge in [0.2, 0.25) is 0 Å². The van der Waals surface area contributed by atoms with Crippen LogP contribution in [0.1, 0.15) is 54.8 Å². The van der Waals surface area contributed by atoms with Crippen LogP contribution in [0.15, 0.2) is 42.6 Å². The zero-order chi connectivity index (χ0) is 17.2. The summed E-state index contributed by atoms with van der Waals surface area (Å²) in [4.78, 5) is 7.95. The van der Waals surface area contributed by atoms with Gasteiger partial charge in [0.15, 0.2) is 0 Å². The van der Waals surface area contributed by atoms with Gasteiger partial charge in [0.25, 0.3) is 0 Å². The molecule has 4 rings (SSSR count). The molecule has 2 aromatic heterocycles. The van der Waals surface area contributed by atoms with Gasteiger partial charge >= 0.3 is 0 Å². The molecule has 1 saturated carbocycles. The SMILES string of the molecule is OCc1ccc(C(CC2CCCC2)c2cc3cccnc3[nH]2)cc1Cl. The Hall–Kier alpha value is -1.84. The molecule has 3 aromatic rings. The first kappa shape index (κ1) is 16.6. The summed E-state index contributed by atoms with van der Waals surface area (Å²) in [5.74, 6) is 1.04. The molecule has 1 aliphatic carbocycles. The van der Waals surface area contributed by atoms with Gasteiger partial charge in [-0.2, -0.15) is 0 Å². The number of rotatable bonds is 5. The van der Waals surface area contributed by atoms with Crippen molar-refractivity contribution in [1.82, 2.24) is 9.97 Å². The first-order chi connectivity index (χ1) is 12.2. The average molecular weight is 355 g/mol. The summed E-state index contributed by atoms with van der Waals surface area (Å²) >= 11 is 6.37. The molecule has 25 heavy (non-hydrogen) atoms. The van der Waals surface area contributed by atoms with Crippen LogP contribution in [0.5, 0.6) is 0 Å². The molecule has 0 amide bonds. The lowest BCUT2D eigenvalue weighted by Crippen LogP contribution is -2.08. The molecular formula is C21H23ClN2O. The van der Waals surface area contributed by atoms with Gasteiger partial charge < -0.3 is 10.1 Å². The highest BCUT2D eigenvalue weighted by Gasteiger charge is 2.24. The number of halogens is 1. The number of hydrogen-bond donors (Lipinski definition) is 2. The molecule has 0 saturated heterocycles. The summed E-state index contributed by atoms with van der Waals surface area (Å²) in [6.07, 6.45) is 8.27. The lowest BCUT2D eigenvalue weighted by Gasteiger charge is -2.21. The summed E-state index contributed by atoms with van der Waals surface area (Å²) < 4.78 is 0. The molecular weight excluding hydrogens is 332 g/mol. The fraction of sp³-hybridized carbons (Fsp3) is 0.381. The van der Waals surface area contributed by atoms with Crippen LogP contribution >= 0.6 is 11.6 Å². The third-order valence-corrected chi connectivity index (χ3v) is 5.83. The minimum absolute atomic E-state index is 0.0251. The van der Waals surface area contributed by atoms with Crippen LogP contribution in [-0.4, -0.2) is 15.1 Å². The molecule has 1 fully saturated rings. The minimum Gasteiger partial charge on any atom is -0.392 e. The Bertz CT molecular complexity index is 834. The van der Waals surface area contributed by atoms with Crippen molar-refractivity contribution in [3.05, 3.63) is 64.4 Å². The molecule has 0 spiro atoms. The van der Waals surface area contributed by atoms with Gasteiger partial charge in [-0.25, -0.2) is 4.98 Å². The second-order valence-corrected chi connectivity index (χ2v) is 7.52. The maximum absolute atomic E-state index is 9.39. The zero-order valence-electron chi connectivity index (χ0n) is 14.2. The predicted molar refractivity (Wildman–Crippen MR) is 102 cm³/mol. The normalized spacial score (nSPS) is 16.6. The number of aliphatic hydroxyl groups is 1. The number of pyridine rings is 1. The number of aliphatic hydroxyl groups excluding tert-OH is 1. The monoisotopic (exact) mass is 354 g/mol. The van der Waals surface area contributed by atoms with E-state index < -0.39 is 0 Å². The van der Waals surface area contributed by atoms with E-state index in [0.29, 0.717) is 5.02 Å². The highest BCUT2D eigenvalue weighted by atomic mass is 35.5. The van der Waals surface area contributed by atoms with Gasteiger partial charge in [-0.1, -0.05) is 49.4 Å². The number of nitrogens with zero attached hydrogens (tertiary/aromatic N) is 1. The van der Waals surface area contributed by atoms with Gasteiger partial charge in [-0.05, 0) is 47.7 Å². The lowest BCUT2D eigenvalue weighted by atomic mass is 9.85. The Morgan fingerprint density at radius 3 is 2.76 bits per heavy atom. The van der Waals surface area contributed by atoms with Crippen molar-refractivity contribution in [2.24, 2.45) is 5.92 Å². The number of H-pyrrole nitrogens is 1. The van der Waals surface area contributed by atoms with Crippen LogP contribution < -0.4 is 0 Å². The van der Waals surface area contributed by atoms with Gasteiger partial charge in [0.1, 0.15) is 5.65 Å². The average Bonchev–Trinajstić information content (AvgIpc) is 3.28. The minimum atomic E-state index is -0.0251. The zero-order valence-corrected chi connectivity index (χ0v) is 15.0. The molecule has 2 heterocycles. The van der Waals surface area contributed by atoms with Crippen LogP contribution in [0.25, 0.3) is 11.0 Å². The number of aromatic amines is 1. The Morgan fingerprint density at radius 1 is 1.20 bits per heavy atom. The number of nitrogens with one attached hydrogen (secondary N) is 1. The van der Waals surface area contributed by atoms with E-state index in [1.165, 1.54) is 36.9 Å². The van der Waals surface area contributed by atoms with Crippen LogP contribution in [-0.2, 0) is 6.61 Å². The van der Waals surface area contributed by atoms with Crippen molar-refractivity contribution in [2.45, 2.75) is 44.6 Å². The maximum Gasteiger partial charge on any atom is 0.137 e. The summed E-state index contributed by atoms with van der Waals surface area (Å²) in [6.45, 7) is -0.0251. The highest BCUT2D eigenvalue weighted by Crippen LogP contribution is 2.39. The van der Waals surface area contributed by atoms with E-state index >= 15 is 0 Å². The first-order valence-corrected chi connectivity index (χ1v) is 9.45. The molecule has 0 radical (unpaired) electrons. The quantitative estimate of drug-likeness (QED) is 0.642. The molecule has 0 aliphatic heterocycles. The van der Waals surface area contributed by atoms with Crippen molar-refractivity contribution in [2.75, 3.05) is 0 Å². The first-order valence-electron chi connectivity index (χ1n) is 9.07. The second kappa shape index (κ2) is 7.19. The largest absolute Gasteiger partial charge is 0.392 e. The van der Waals surface area contributed by atoms with Gasteiger partial charge in [-0.3, -0.25) is 0 Å². The van der Waals surface area contributed by atoms with Crippen LogP contribution in [0.2, 0.25) is 5.02 Å². The molecule has 1 atom stereocenters. The number of benzene rings is 1. The fourth-order valence-electron chi connectivity index (χ4n) is 4.10. The van der Waals surface area contributed by atoms with Crippen LogP contribution in [0.3, 0.4) is 0 Å². The van der Waals surface area contributed by atoms with E-state index in [2.05, 4.69) is 28.2 Å². The van der Waals surface area contributed by atoms with Crippen molar-refractivity contribution < 1.29 is 5.11 Å². The van der Waals surface area contributed by atoms with E-state index in [1.54, 1.807) is 0 Å². The Kier molecular flexibility index (Phi) is 4.78.